The maximum atomic E-state index is 9.19. The van der Waals surface area contributed by atoms with E-state index in [1.165, 1.54) is 0 Å². The number of benzene rings is 1. The number of aliphatic hydroxyl groups is 2. The maximum Gasteiger partial charge on any atom is 0.119 e. The van der Waals surface area contributed by atoms with E-state index < -0.39 is 5.54 Å². The molecule has 0 unspecified atom stereocenters. The van der Waals surface area contributed by atoms with Gasteiger partial charge in [-0.2, -0.15) is 0 Å². The minimum Gasteiger partial charge on any atom is -0.494 e. The van der Waals surface area contributed by atoms with E-state index in [4.69, 9.17) is 10.5 Å². The normalized spacial score (nSPS) is 12.0. The van der Waals surface area contributed by atoms with Crippen LogP contribution in [0.5, 0.6) is 5.75 Å². The number of nitrogens with two attached hydrogens (primary N) is 1. The third-order valence-corrected chi connectivity index (χ3v) is 3.90. The fraction of sp³-hybridized carbons (Fsp3) is 0.579. The number of hydrogen-bond donors (Lipinski definition) is 3. The van der Waals surface area contributed by atoms with E-state index in [1.807, 2.05) is 24.3 Å². The Kier molecular flexibility index (Phi) is 9.60. The van der Waals surface area contributed by atoms with Crippen molar-refractivity contribution in [3.63, 3.8) is 0 Å². The van der Waals surface area contributed by atoms with E-state index in [-0.39, 0.29) is 13.2 Å². The lowest BCUT2D eigenvalue weighted by Gasteiger charge is -2.24. The molecule has 4 N–H and O–H groups in total. The highest BCUT2D eigenvalue weighted by molar-refractivity contribution is 5.27. The van der Waals surface area contributed by atoms with Crippen LogP contribution >= 0.6 is 0 Å². The average molecular weight is 321 g/mol. The zero-order chi connectivity index (χ0) is 17.0. The van der Waals surface area contributed by atoms with Gasteiger partial charge in [-0.05, 0) is 56.2 Å². The summed E-state index contributed by atoms with van der Waals surface area (Å²) in [6.07, 6.45) is 10.1. The van der Waals surface area contributed by atoms with Crippen LogP contribution < -0.4 is 10.5 Å². The first-order valence-electron chi connectivity index (χ1n) is 8.51. The Morgan fingerprint density at radius 2 is 1.78 bits per heavy atom. The van der Waals surface area contributed by atoms with Crippen LogP contribution in [0.1, 0.15) is 44.6 Å². The fourth-order valence-corrected chi connectivity index (χ4v) is 2.19. The summed E-state index contributed by atoms with van der Waals surface area (Å²) < 4.78 is 5.73. The molecular formula is C19H31NO3. The molecule has 0 aliphatic rings. The molecule has 0 radical (unpaired) electrons. The first kappa shape index (κ1) is 19.7. The average Bonchev–Trinajstić information content (AvgIpc) is 2.60. The molecule has 0 amide bonds. The summed E-state index contributed by atoms with van der Waals surface area (Å²) in [5.74, 6) is 0.876. The molecule has 4 nitrogen and oxygen atoms in total. The minimum absolute atomic E-state index is 0.210. The van der Waals surface area contributed by atoms with Crippen molar-refractivity contribution in [1.29, 1.82) is 0 Å². The maximum absolute atomic E-state index is 9.19. The highest BCUT2D eigenvalue weighted by Gasteiger charge is 2.22. The first-order valence-corrected chi connectivity index (χ1v) is 8.51. The SMILES string of the molecule is CCC=CCCCCOc1ccc(CCC(N)(CO)CO)cc1. The van der Waals surface area contributed by atoms with Crippen molar-refractivity contribution in [2.24, 2.45) is 5.73 Å². The lowest BCUT2D eigenvalue weighted by molar-refractivity contribution is 0.115. The standard InChI is InChI=1S/C19H31NO3/c1-2-3-4-5-6-7-14-23-18-10-8-17(9-11-18)12-13-19(20,15-21)16-22/h3-4,8-11,21-22H,2,5-7,12-16,20H2,1H3. The van der Waals surface area contributed by atoms with Crippen molar-refractivity contribution in [3.8, 4) is 5.75 Å². The molecule has 0 aromatic heterocycles. The topological polar surface area (TPSA) is 75.7 Å². The highest BCUT2D eigenvalue weighted by atomic mass is 16.5. The molecule has 0 bridgehead atoms. The number of rotatable bonds is 12. The van der Waals surface area contributed by atoms with Gasteiger partial charge in [0.1, 0.15) is 5.75 Å². The quantitative estimate of drug-likeness (QED) is 0.409. The van der Waals surface area contributed by atoms with Crippen LogP contribution in [0.15, 0.2) is 36.4 Å². The molecule has 0 aliphatic heterocycles. The molecule has 0 saturated carbocycles. The largest absolute Gasteiger partial charge is 0.494 e. The molecule has 0 heterocycles. The summed E-state index contributed by atoms with van der Waals surface area (Å²) >= 11 is 0. The Morgan fingerprint density at radius 1 is 1.09 bits per heavy atom. The van der Waals surface area contributed by atoms with Crippen molar-refractivity contribution in [2.75, 3.05) is 19.8 Å². The number of allylic oxidation sites excluding steroid dienone is 2. The zero-order valence-electron chi connectivity index (χ0n) is 14.2. The second-order valence-electron chi connectivity index (χ2n) is 6.05. The van der Waals surface area contributed by atoms with Gasteiger partial charge < -0.3 is 20.7 Å². The molecule has 0 saturated heterocycles. The van der Waals surface area contributed by atoms with E-state index in [1.54, 1.807) is 0 Å². The van der Waals surface area contributed by atoms with Crippen molar-refractivity contribution >= 4 is 0 Å². The van der Waals surface area contributed by atoms with Crippen molar-refractivity contribution in [2.45, 2.75) is 51.0 Å². The van der Waals surface area contributed by atoms with Gasteiger partial charge in [0.05, 0.1) is 25.4 Å². The number of ether oxygens (including phenoxy) is 1. The molecule has 0 spiro atoms. The highest BCUT2D eigenvalue weighted by Crippen LogP contribution is 2.16. The summed E-state index contributed by atoms with van der Waals surface area (Å²) in [6.45, 7) is 2.46. The Labute approximate surface area is 140 Å². The molecule has 0 fully saturated rings. The van der Waals surface area contributed by atoms with Gasteiger partial charge in [-0.15, -0.1) is 0 Å². The Morgan fingerprint density at radius 3 is 2.39 bits per heavy atom. The van der Waals surface area contributed by atoms with Crippen LogP contribution in [0.2, 0.25) is 0 Å². The summed E-state index contributed by atoms with van der Waals surface area (Å²) in [7, 11) is 0. The lowest BCUT2D eigenvalue weighted by atomic mass is 9.94. The predicted octanol–water partition coefficient (Wildman–Crippen LogP) is 2.82. The molecule has 0 atom stereocenters. The van der Waals surface area contributed by atoms with E-state index >= 15 is 0 Å². The number of hydrogen-bond acceptors (Lipinski definition) is 4. The zero-order valence-corrected chi connectivity index (χ0v) is 14.2. The first-order chi connectivity index (χ1) is 11.1. The molecular weight excluding hydrogens is 290 g/mol. The van der Waals surface area contributed by atoms with Crippen LogP contribution in [-0.2, 0) is 6.42 Å². The number of aliphatic hydroxyl groups excluding tert-OH is 2. The second-order valence-corrected chi connectivity index (χ2v) is 6.05. The van der Waals surface area contributed by atoms with Crippen molar-refractivity contribution in [3.05, 3.63) is 42.0 Å². The minimum atomic E-state index is -0.901. The van der Waals surface area contributed by atoms with Gasteiger partial charge in [-0.1, -0.05) is 31.2 Å². The lowest BCUT2D eigenvalue weighted by Crippen LogP contribution is -2.47. The molecule has 0 aliphatic carbocycles. The van der Waals surface area contributed by atoms with E-state index in [0.29, 0.717) is 6.42 Å². The third kappa shape index (κ3) is 8.16. The van der Waals surface area contributed by atoms with E-state index in [9.17, 15) is 10.2 Å². The van der Waals surface area contributed by atoms with Crippen LogP contribution in [0.25, 0.3) is 0 Å². The third-order valence-electron chi connectivity index (χ3n) is 3.90. The van der Waals surface area contributed by atoms with Crippen LogP contribution in [0.3, 0.4) is 0 Å². The Balaban J connectivity index is 2.27. The smallest absolute Gasteiger partial charge is 0.119 e. The van der Waals surface area contributed by atoms with Crippen LogP contribution in [-0.4, -0.2) is 35.6 Å². The predicted molar refractivity (Wildman–Crippen MR) is 94.6 cm³/mol. The fourth-order valence-electron chi connectivity index (χ4n) is 2.19. The summed E-state index contributed by atoms with van der Waals surface area (Å²) in [6, 6.07) is 7.94. The molecule has 130 valence electrons. The molecule has 1 rings (SSSR count). The summed E-state index contributed by atoms with van der Waals surface area (Å²) in [4.78, 5) is 0. The van der Waals surface area contributed by atoms with Gasteiger partial charge in [0, 0.05) is 0 Å². The van der Waals surface area contributed by atoms with Gasteiger partial charge in [0.2, 0.25) is 0 Å². The summed E-state index contributed by atoms with van der Waals surface area (Å²) in [5, 5.41) is 18.4. The van der Waals surface area contributed by atoms with Gasteiger partial charge in [0.15, 0.2) is 0 Å². The number of aryl methyl sites for hydroxylation is 1. The Hall–Kier alpha value is -1.36. The summed E-state index contributed by atoms with van der Waals surface area (Å²) in [5.41, 5.74) is 6.09. The van der Waals surface area contributed by atoms with E-state index in [2.05, 4.69) is 19.1 Å². The van der Waals surface area contributed by atoms with Crippen LogP contribution in [0.4, 0.5) is 0 Å². The monoisotopic (exact) mass is 321 g/mol. The Bertz CT molecular complexity index is 438. The van der Waals surface area contributed by atoms with Crippen molar-refractivity contribution < 1.29 is 14.9 Å². The van der Waals surface area contributed by atoms with Gasteiger partial charge >= 0.3 is 0 Å². The molecule has 4 heteroatoms. The van der Waals surface area contributed by atoms with Gasteiger partial charge in [0.25, 0.3) is 0 Å². The number of unbranched alkanes of at least 4 members (excludes halogenated alkanes) is 2. The van der Waals surface area contributed by atoms with Crippen LogP contribution in [0, 0.1) is 0 Å². The second kappa shape index (κ2) is 11.2. The molecule has 1 aromatic carbocycles. The molecule has 1 aromatic rings. The van der Waals surface area contributed by atoms with E-state index in [0.717, 1.165) is 50.0 Å². The van der Waals surface area contributed by atoms with Gasteiger partial charge in [-0.25, -0.2) is 0 Å². The molecule has 23 heavy (non-hydrogen) atoms. The van der Waals surface area contributed by atoms with Crippen molar-refractivity contribution in [1.82, 2.24) is 0 Å². The van der Waals surface area contributed by atoms with Gasteiger partial charge in [-0.3, -0.25) is 0 Å².